The topological polar surface area (TPSA) is 80.5 Å². The van der Waals surface area contributed by atoms with Gasteiger partial charge in [-0.3, -0.25) is 9.20 Å². The van der Waals surface area contributed by atoms with E-state index in [2.05, 4.69) is 10.3 Å². The maximum Gasteiger partial charge on any atom is 0.251 e. The van der Waals surface area contributed by atoms with Gasteiger partial charge in [-0.2, -0.15) is 0 Å². The Balaban J connectivity index is 1.68. The zero-order valence-corrected chi connectivity index (χ0v) is 14.0. The Hall–Kier alpha value is -2.19. The molecular weight excluding hydrogens is 334 g/mol. The van der Waals surface area contributed by atoms with Crippen LogP contribution in [0.4, 0.5) is 0 Å². The maximum atomic E-state index is 12.2. The summed E-state index contributed by atoms with van der Waals surface area (Å²) in [6, 6.07) is 6.64. The van der Waals surface area contributed by atoms with Crippen molar-refractivity contribution < 1.29 is 13.2 Å². The summed E-state index contributed by atoms with van der Waals surface area (Å²) in [5.41, 5.74) is 1.81. The van der Waals surface area contributed by atoms with Crippen LogP contribution < -0.4 is 5.32 Å². The van der Waals surface area contributed by atoms with Crippen molar-refractivity contribution in [3.8, 4) is 0 Å². The second-order valence-corrected chi connectivity index (χ2v) is 8.29. The lowest BCUT2D eigenvalue weighted by molar-refractivity contribution is 0.0950. The first kappa shape index (κ1) is 15.7. The van der Waals surface area contributed by atoms with Crippen molar-refractivity contribution >= 4 is 32.0 Å². The van der Waals surface area contributed by atoms with Crippen molar-refractivity contribution in [1.82, 2.24) is 14.7 Å². The first-order chi connectivity index (χ1) is 10.9. The molecule has 0 saturated carbocycles. The number of fused-ring (bicyclic) bond motifs is 1. The first-order valence-electron chi connectivity index (χ1n) is 6.87. The molecule has 0 atom stereocenters. The fraction of sp³-hybridized carbons (Fsp3) is 0.200. The molecule has 0 radical (unpaired) electrons. The van der Waals surface area contributed by atoms with Crippen LogP contribution in [0.5, 0.6) is 0 Å². The van der Waals surface area contributed by atoms with Crippen LogP contribution in [0.1, 0.15) is 21.6 Å². The predicted octanol–water partition coefficient (Wildman–Crippen LogP) is 1.87. The summed E-state index contributed by atoms with van der Waals surface area (Å²) >= 11 is 1.53. The number of nitrogens with one attached hydrogen (secondary N) is 1. The lowest BCUT2D eigenvalue weighted by atomic mass is 10.1. The molecule has 8 heteroatoms. The molecule has 2 heterocycles. The van der Waals surface area contributed by atoms with E-state index in [9.17, 15) is 13.2 Å². The van der Waals surface area contributed by atoms with Crippen molar-refractivity contribution in [2.45, 2.75) is 12.3 Å². The Bertz CT molecular complexity index is 929. The zero-order valence-electron chi connectivity index (χ0n) is 12.4. The highest BCUT2D eigenvalue weighted by Gasteiger charge is 2.10. The van der Waals surface area contributed by atoms with Gasteiger partial charge in [-0.05, 0) is 17.7 Å². The van der Waals surface area contributed by atoms with Gasteiger partial charge in [-0.1, -0.05) is 12.1 Å². The van der Waals surface area contributed by atoms with Crippen molar-refractivity contribution in [3.63, 3.8) is 0 Å². The van der Waals surface area contributed by atoms with Gasteiger partial charge in [-0.15, -0.1) is 11.3 Å². The van der Waals surface area contributed by atoms with E-state index in [0.29, 0.717) is 17.7 Å². The van der Waals surface area contributed by atoms with Crippen LogP contribution in [0, 0.1) is 0 Å². The van der Waals surface area contributed by atoms with E-state index in [1.807, 2.05) is 22.2 Å². The number of aromatic nitrogens is 2. The summed E-state index contributed by atoms with van der Waals surface area (Å²) < 4.78 is 24.6. The van der Waals surface area contributed by atoms with Gasteiger partial charge in [0.2, 0.25) is 0 Å². The molecule has 1 amide bonds. The third-order valence-electron chi connectivity index (χ3n) is 3.19. The van der Waals surface area contributed by atoms with E-state index < -0.39 is 9.84 Å². The quantitative estimate of drug-likeness (QED) is 0.762. The Labute approximate surface area is 137 Å². The van der Waals surface area contributed by atoms with Crippen molar-refractivity contribution in [3.05, 3.63) is 58.9 Å². The first-order valence-corrected chi connectivity index (χ1v) is 9.81. The second-order valence-electron chi connectivity index (χ2n) is 5.28. The highest BCUT2D eigenvalue weighted by molar-refractivity contribution is 7.89. The summed E-state index contributed by atoms with van der Waals surface area (Å²) in [6.07, 6.45) is 4.95. The van der Waals surface area contributed by atoms with E-state index in [0.717, 1.165) is 10.7 Å². The van der Waals surface area contributed by atoms with E-state index in [4.69, 9.17) is 0 Å². The van der Waals surface area contributed by atoms with Crippen molar-refractivity contribution in [1.29, 1.82) is 0 Å². The third kappa shape index (κ3) is 3.96. The van der Waals surface area contributed by atoms with Crippen molar-refractivity contribution in [2.75, 3.05) is 6.26 Å². The minimum absolute atomic E-state index is 0.0779. The lowest BCUT2D eigenvalue weighted by Gasteiger charge is -2.05. The molecule has 3 rings (SSSR count). The second kappa shape index (κ2) is 6.13. The summed E-state index contributed by atoms with van der Waals surface area (Å²) in [7, 11) is -3.13. The molecule has 0 unspecified atom stereocenters. The van der Waals surface area contributed by atoms with Gasteiger partial charge in [0.15, 0.2) is 14.8 Å². The number of nitrogens with zero attached hydrogens (tertiary/aromatic N) is 2. The average Bonchev–Trinajstić information content (AvgIpc) is 3.04. The molecule has 0 aliphatic heterocycles. The molecule has 120 valence electrons. The van der Waals surface area contributed by atoms with Crippen LogP contribution >= 0.6 is 11.3 Å². The average molecular weight is 349 g/mol. The van der Waals surface area contributed by atoms with Crippen LogP contribution in [-0.2, 0) is 22.1 Å². The van der Waals surface area contributed by atoms with E-state index in [1.54, 1.807) is 24.3 Å². The molecule has 23 heavy (non-hydrogen) atoms. The molecule has 1 aromatic carbocycles. The number of carbonyl (C=O) groups is 1. The van der Waals surface area contributed by atoms with Crippen LogP contribution in [0.15, 0.2) is 42.0 Å². The Kier molecular flexibility index (Phi) is 4.18. The monoisotopic (exact) mass is 349 g/mol. The molecule has 0 spiro atoms. The van der Waals surface area contributed by atoms with Crippen LogP contribution in [-0.4, -0.2) is 30.0 Å². The zero-order chi connectivity index (χ0) is 16.4. The van der Waals surface area contributed by atoms with E-state index in [1.165, 1.54) is 17.6 Å². The van der Waals surface area contributed by atoms with Gasteiger partial charge in [0.05, 0.1) is 18.0 Å². The molecule has 0 fully saturated rings. The number of hydrogen-bond acceptors (Lipinski definition) is 5. The Morgan fingerprint density at radius 1 is 1.39 bits per heavy atom. The largest absolute Gasteiger partial charge is 0.346 e. The molecule has 0 bridgehead atoms. The highest BCUT2D eigenvalue weighted by atomic mass is 32.2. The van der Waals surface area contributed by atoms with Crippen molar-refractivity contribution in [2.24, 2.45) is 0 Å². The van der Waals surface area contributed by atoms with Crippen LogP contribution in [0.25, 0.3) is 4.96 Å². The van der Waals surface area contributed by atoms with Gasteiger partial charge < -0.3 is 5.32 Å². The fourth-order valence-corrected chi connectivity index (χ4v) is 3.74. The molecule has 6 nitrogen and oxygen atoms in total. The molecule has 0 aliphatic carbocycles. The number of imidazole rings is 1. The molecule has 2 aromatic heterocycles. The number of sulfone groups is 1. The lowest BCUT2D eigenvalue weighted by Crippen LogP contribution is -2.23. The summed E-state index contributed by atoms with van der Waals surface area (Å²) in [4.78, 5) is 17.5. The standard InChI is InChI=1S/C15H15N3O3S2/c1-23(20,21)10-11-3-2-4-12(7-11)14(19)16-8-13-9-18-5-6-22-15(18)17-13/h2-7,9H,8,10H2,1H3,(H,16,19). The Morgan fingerprint density at radius 3 is 2.96 bits per heavy atom. The third-order valence-corrected chi connectivity index (χ3v) is 4.82. The summed E-state index contributed by atoms with van der Waals surface area (Å²) in [5.74, 6) is -0.331. The predicted molar refractivity (Wildman–Crippen MR) is 89.2 cm³/mol. The molecule has 3 aromatic rings. The number of amides is 1. The molecule has 1 N–H and O–H groups in total. The van der Waals surface area contributed by atoms with Gasteiger partial charge in [0, 0.05) is 29.6 Å². The molecule has 0 aliphatic rings. The van der Waals surface area contributed by atoms with Gasteiger partial charge >= 0.3 is 0 Å². The smallest absolute Gasteiger partial charge is 0.251 e. The normalized spacial score (nSPS) is 11.7. The number of thiazole rings is 1. The minimum Gasteiger partial charge on any atom is -0.346 e. The minimum atomic E-state index is -3.13. The maximum absolute atomic E-state index is 12.2. The molecule has 0 saturated heterocycles. The number of rotatable bonds is 5. The fourth-order valence-electron chi connectivity index (χ4n) is 2.24. The summed E-state index contributed by atoms with van der Waals surface area (Å²) in [5, 5.41) is 4.74. The Morgan fingerprint density at radius 2 is 2.22 bits per heavy atom. The highest BCUT2D eigenvalue weighted by Crippen LogP contribution is 2.12. The van der Waals surface area contributed by atoms with Crippen LogP contribution in [0.3, 0.4) is 0 Å². The number of hydrogen-bond donors (Lipinski definition) is 1. The van der Waals surface area contributed by atoms with Gasteiger partial charge in [0.1, 0.15) is 0 Å². The van der Waals surface area contributed by atoms with Crippen LogP contribution in [0.2, 0.25) is 0 Å². The number of benzene rings is 1. The van der Waals surface area contributed by atoms with E-state index in [-0.39, 0.29) is 11.7 Å². The SMILES string of the molecule is CS(=O)(=O)Cc1cccc(C(=O)NCc2cn3ccsc3n2)c1. The number of carbonyl (C=O) groups excluding carboxylic acids is 1. The molecular formula is C15H15N3O3S2. The summed E-state index contributed by atoms with van der Waals surface area (Å²) in [6.45, 7) is 0.323. The van der Waals surface area contributed by atoms with Gasteiger partial charge in [0.25, 0.3) is 5.91 Å². The van der Waals surface area contributed by atoms with Gasteiger partial charge in [-0.25, -0.2) is 13.4 Å². The van der Waals surface area contributed by atoms with E-state index >= 15 is 0 Å².